The molecule has 0 aliphatic carbocycles. The molecule has 3 rings (SSSR count). The predicted molar refractivity (Wildman–Crippen MR) is 99.8 cm³/mol. The highest BCUT2D eigenvalue weighted by Crippen LogP contribution is 2.34. The topological polar surface area (TPSA) is 121 Å². The van der Waals surface area contributed by atoms with Crippen molar-refractivity contribution in [1.82, 2.24) is 10.2 Å². The molecule has 27 heavy (non-hydrogen) atoms. The zero-order valence-corrected chi connectivity index (χ0v) is 14.6. The molecule has 0 saturated carbocycles. The van der Waals surface area contributed by atoms with E-state index in [0.29, 0.717) is 29.2 Å². The molecule has 0 saturated heterocycles. The number of hydrogen-bond donors (Lipinski definition) is 3. The maximum Gasteiger partial charge on any atom is 0.268 e. The number of hydrogen-bond acceptors (Lipinski definition) is 5. The average molecular weight is 369 g/mol. The van der Waals surface area contributed by atoms with Crippen LogP contribution in [0, 0.1) is 10.1 Å². The van der Waals surface area contributed by atoms with Crippen LogP contribution < -0.4 is 10.3 Å². The molecule has 1 unspecified atom stereocenters. The number of nitrogens with zero attached hydrogens (tertiary/aromatic N) is 1. The van der Waals surface area contributed by atoms with Crippen molar-refractivity contribution in [2.24, 2.45) is 0 Å². The number of para-hydroxylation sites is 1. The lowest BCUT2D eigenvalue weighted by Gasteiger charge is -2.14. The molecule has 0 bridgehead atoms. The summed E-state index contributed by atoms with van der Waals surface area (Å²) >= 11 is 0. The monoisotopic (exact) mass is 369 g/mol. The van der Waals surface area contributed by atoms with E-state index in [0.717, 1.165) is 0 Å². The second-order valence-electron chi connectivity index (χ2n) is 5.95. The fourth-order valence-electron chi connectivity index (χ4n) is 3.07. The lowest BCUT2D eigenvalue weighted by Crippen LogP contribution is -2.20. The normalized spacial score (nSPS) is 11.9. The minimum atomic E-state index is -0.791. The van der Waals surface area contributed by atoms with Crippen molar-refractivity contribution in [3.05, 3.63) is 80.1 Å². The summed E-state index contributed by atoms with van der Waals surface area (Å²) in [6.07, 6.45) is 0. The standard InChI is InChI=1S/C19H19N3O5/c1-2-27-13-9-7-12(8-10-13)15(11-22(25)26)17-18(20-21-19(17)24)14-5-3-4-6-16(14)23/h3-10,15,23H,2,11H2,1H3,(H2,20,21,24). The van der Waals surface area contributed by atoms with E-state index < -0.39 is 22.9 Å². The number of aromatic amines is 2. The molecule has 1 heterocycles. The van der Waals surface area contributed by atoms with Crippen LogP contribution in [-0.4, -0.2) is 33.4 Å². The van der Waals surface area contributed by atoms with Crippen LogP contribution in [0.2, 0.25) is 0 Å². The van der Waals surface area contributed by atoms with E-state index in [9.17, 15) is 20.0 Å². The second-order valence-corrected chi connectivity index (χ2v) is 5.95. The van der Waals surface area contributed by atoms with Crippen LogP contribution >= 0.6 is 0 Å². The van der Waals surface area contributed by atoms with E-state index in [1.54, 1.807) is 42.5 Å². The first-order chi connectivity index (χ1) is 13.0. The number of rotatable bonds is 7. The molecule has 0 aliphatic heterocycles. The molecule has 8 heteroatoms. The Hall–Kier alpha value is -3.55. The van der Waals surface area contributed by atoms with Crippen molar-refractivity contribution in [1.29, 1.82) is 0 Å². The fraction of sp³-hybridized carbons (Fsp3) is 0.211. The first-order valence-electron chi connectivity index (χ1n) is 8.44. The van der Waals surface area contributed by atoms with E-state index in [-0.39, 0.29) is 11.3 Å². The molecular formula is C19H19N3O5. The predicted octanol–water partition coefficient (Wildman–Crippen LogP) is 2.88. The lowest BCUT2D eigenvalue weighted by molar-refractivity contribution is -0.481. The highest BCUT2D eigenvalue weighted by atomic mass is 16.6. The Balaban J connectivity index is 2.11. The molecule has 0 fully saturated rings. The van der Waals surface area contributed by atoms with Gasteiger partial charge < -0.3 is 9.84 Å². The molecule has 1 aromatic heterocycles. The highest BCUT2D eigenvalue weighted by molar-refractivity contribution is 5.70. The number of nitro groups is 1. The maximum absolute atomic E-state index is 12.5. The third-order valence-electron chi connectivity index (χ3n) is 4.26. The Morgan fingerprint density at radius 1 is 1.15 bits per heavy atom. The van der Waals surface area contributed by atoms with Gasteiger partial charge in [0.25, 0.3) is 5.56 Å². The lowest BCUT2D eigenvalue weighted by atomic mass is 9.89. The Labute approximate surface area is 154 Å². The molecule has 3 N–H and O–H groups in total. The highest BCUT2D eigenvalue weighted by Gasteiger charge is 2.28. The number of aromatic hydroxyl groups is 1. The van der Waals surface area contributed by atoms with Crippen LogP contribution in [0.4, 0.5) is 0 Å². The van der Waals surface area contributed by atoms with Crippen molar-refractivity contribution >= 4 is 0 Å². The summed E-state index contributed by atoms with van der Waals surface area (Å²) in [7, 11) is 0. The Morgan fingerprint density at radius 2 is 1.85 bits per heavy atom. The fourth-order valence-corrected chi connectivity index (χ4v) is 3.07. The summed E-state index contributed by atoms with van der Waals surface area (Å²) in [5.41, 5.74) is 1.08. The van der Waals surface area contributed by atoms with Gasteiger partial charge in [-0.3, -0.25) is 25.1 Å². The zero-order valence-electron chi connectivity index (χ0n) is 14.6. The van der Waals surface area contributed by atoms with Gasteiger partial charge in [0, 0.05) is 10.5 Å². The van der Waals surface area contributed by atoms with Gasteiger partial charge in [-0.1, -0.05) is 24.3 Å². The first kappa shape index (κ1) is 18.2. The van der Waals surface area contributed by atoms with Gasteiger partial charge in [-0.15, -0.1) is 0 Å². The van der Waals surface area contributed by atoms with Crippen LogP contribution in [-0.2, 0) is 0 Å². The number of phenols is 1. The summed E-state index contributed by atoms with van der Waals surface area (Å²) in [5, 5.41) is 26.6. The van der Waals surface area contributed by atoms with Crippen molar-refractivity contribution < 1.29 is 14.8 Å². The van der Waals surface area contributed by atoms with Gasteiger partial charge in [-0.05, 0) is 36.8 Å². The summed E-state index contributed by atoms with van der Waals surface area (Å²) in [6.45, 7) is 1.91. The van der Waals surface area contributed by atoms with Gasteiger partial charge >= 0.3 is 0 Å². The van der Waals surface area contributed by atoms with Gasteiger partial charge in [0.15, 0.2) is 0 Å². The largest absolute Gasteiger partial charge is 0.507 e. The summed E-state index contributed by atoms with van der Waals surface area (Å²) in [4.78, 5) is 23.3. The van der Waals surface area contributed by atoms with Crippen molar-refractivity contribution in [2.75, 3.05) is 13.2 Å². The molecule has 8 nitrogen and oxygen atoms in total. The summed E-state index contributed by atoms with van der Waals surface area (Å²) in [6, 6.07) is 13.3. The van der Waals surface area contributed by atoms with E-state index in [4.69, 9.17) is 4.74 Å². The van der Waals surface area contributed by atoms with Crippen molar-refractivity contribution in [2.45, 2.75) is 12.8 Å². The molecular weight excluding hydrogens is 350 g/mol. The average Bonchev–Trinajstić information content (AvgIpc) is 3.02. The number of aromatic nitrogens is 2. The van der Waals surface area contributed by atoms with Gasteiger partial charge in [0.2, 0.25) is 6.54 Å². The van der Waals surface area contributed by atoms with Crippen molar-refractivity contribution in [3.63, 3.8) is 0 Å². The first-order valence-corrected chi connectivity index (χ1v) is 8.44. The van der Waals surface area contributed by atoms with Gasteiger partial charge in [-0.25, -0.2) is 0 Å². The number of nitrogens with one attached hydrogen (secondary N) is 2. The molecule has 0 spiro atoms. The van der Waals surface area contributed by atoms with Crippen LogP contribution in [0.1, 0.15) is 24.0 Å². The smallest absolute Gasteiger partial charge is 0.268 e. The Morgan fingerprint density at radius 3 is 2.48 bits per heavy atom. The van der Waals surface area contributed by atoms with E-state index >= 15 is 0 Å². The molecule has 1 atom stereocenters. The molecule has 0 amide bonds. The van der Waals surface area contributed by atoms with Crippen LogP contribution in [0.25, 0.3) is 11.3 Å². The van der Waals surface area contributed by atoms with Crippen molar-refractivity contribution in [3.8, 4) is 22.8 Å². The number of phenolic OH excluding ortho intramolecular Hbond substituents is 1. The Bertz CT molecular complexity index is 991. The Kier molecular flexibility index (Phi) is 5.25. The van der Waals surface area contributed by atoms with Crippen LogP contribution in [0.15, 0.2) is 53.3 Å². The van der Waals surface area contributed by atoms with Gasteiger partial charge in [0.05, 0.1) is 23.8 Å². The van der Waals surface area contributed by atoms with Crippen LogP contribution in [0.3, 0.4) is 0 Å². The molecule has 3 aromatic rings. The number of H-pyrrole nitrogens is 2. The minimum Gasteiger partial charge on any atom is -0.507 e. The quantitative estimate of drug-likeness (QED) is 0.437. The molecule has 2 aromatic carbocycles. The maximum atomic E-state index is 12.5. The van der Waals surface area contributed by atoms with Crippen LogP contribution in [0.5, 0.6) is 11.5 Å². The zero-order chi connectivity index (χ0) is 19.4. The van der Waals surface area contributed by atoms with E-state index in [2.05, 4.69) is 10.2 Å². The SMILES string of the molecule is CCOc1ccc(C(C[N+](=O)[O-])c2c(-c3ccccc3O)[nH][nH]c2=O)cc1. The molecule has 0 radical (unpaired) electrons. The van der Waals surface area contributed by atoms with E-state index in [1.165, 1.54) is 6.07 Å². The number of ether oxygens (including phenoxy) is 1. The van der Waals surface area contributed by atoms with E-state index in [1.807, 2.05) is 6.92 Å². The second kappa shape index (κ2) is 7.77. The summed E-state index contributed by atoms with van der Waals surface area (Å²) < 4.78 is 5.40. The molecule has 0 aliphatic rings. The van der Waals surface area contributed by atoms with Gasteiger partial charge in [-0.2, -0.15) is 0 Å². The third kappa shape index (κ3) is 3.84. The summed E-state index contributed by atoms with van der Waals surface area (Å²) in [5.74, 6) is -0.175. The molecule has 140 valence electrons. The number of benzene rings is 2. The minimum absolute atomic E-state index is 0.0273. The van der Waals surface area contributed by atoms with Gasteiger partial charge in [0.1, 0.15) is 11.5 Å². The third-order valence-corrected chi connectivity index (χ3v) is 4.26.